The summed E-state index contributed by atoms with van der Waals surface area (Å²) in [7, 11) is 1.61. The minimum absolute atomic E-state index is 0. The molecule has 0 saturated heterocycles. The van der Waals surface area contributed by atoms with E-state index in [0.29, 0.717) is 5.56 Å². The van der Waals surface area contributed by atoms with E-state index in [1.165, 1.54) is 0 Å². The van der Waals surface area contributed by atoms with Gasteiger partial charge in [-0.15, -0.1) is 0 Å². The number of nitrogens with one attached hydrogen (secondary N) is 1. The van der Waals surface area contributed by atoms with Crippen LogP contribution in [0.4, 0.5) is 0 Å². The quantitative estimate of drug-likeness (QED) is 0.767. The molecular weight excluding hydrogens is 340 g/mol. The first-order chi connectivity index (χ1) is 5.84. The van der Waals surface area contributed by atoms with Gasteiger partial charge in [0, 0.05) is 7.05 Å². The van der Waals surface area contributed by atoms with Crippen molar-refractivity contribution in [2.24, 2.45) is 0 Å². The number of hydrogen-bond donors (Lipinski definition) is 1. The number of hydrogen-bond acceptors (Lipinski definition) is 1. The molecule has 0 saturated carbocycles. The molecule has 0 fully saturated rings. The first-order valence-electron chi connectivity index (χ1n) is 4.03. The van der Waals surface area contributed by atoms with Gasteiger partial charge in [-0.1, -0.05) is 19.4 Å². The van der Waals surface area contributed by atoms with Gasteiger partial charge >= 0.3 is 19.8 Å². The van der Waals surface area contributed by atoms with Gasteiger partial charge in [0.05, 0.1) is 0 Å². The maximum atomic E-state index is 10.9. The van der Waals surface area contributed by atoms with Gasteiger partial charge in [0.2, 0.25) is 5.91 Å². The molecule has 1 amide bonds. The number of amides is 1. The van der Waals surface area contributed by atoms with E-state index in [0.717, 1.165) is 0 Å². The van der Waals surface area contributed by atoms with Crippen LogP contribution in [0.3, 0.4) is 0 Å². The zero-order valence-electron chi connectivity index (χ0n) is 8.07. The third kappa shape index (κ3) is 5.55. The molecule has 73 valence electrons. The Morgan fingerprint density at radius 1 is 1.31 bits per heavy atom. The van der Waals surface area contributed by atoms with Crippen molar-refractivity contribution in [2.75, 3.05) is 7.05 Å². The second-order valence-electron chi connectivity index (χ2n) is 1.87. The van der Waals surface area contributed by atoms with Crippen LogP contribution in [0, 0.1) is 6.07 Å². The first-order valence-corrected chi connectivity index (χ1v) is 4.03. The Morgan fingerprint density at radius 3 is 2.15 bits per heavy atom. The second kappa shape index (κ2) is 9.41. The van der Waals surface area contributed by atoms with Crippen LogP contribution < -0.4 is 5.32 Å². The second-order valence-corrected chi connectivity index (χ2v) is 1.87. The van der Waals surface area contributed by atoms with E-state index in [-0.39, 0.29) is 25.7 Å². The Hall–Kier alpha value is -0.674. The third-order valence-electron chi connectivity index (χ3n) is 1.21. The van der Waals surface area contributed by atoms with Crippen LogP contribution in [0.1, 0.15) is 24.2 Å². The van der Waals surface area contributed by atoms with Crippen molar-refractivity contribution in [3.8, 4) is 0 Å². The zero-order chi connectivity index (χ0) is 9.40. The van der Waals surface area contributed by atoms with Crippen molar-refractivity contribution in [3.05, 3.63) is 35.9 Å². The molecule has 0 bridgehead atoms. The van der Waals surface area contributed by atoms with E-state index in [2.05, 4.69) is 11.4 Å². The average molecular weight is 354 g/mol. The van der Waals surface area contributed by atoms with Crippen LogP contribution in [0.15, 0.2) is 24.3 Å². The summed E-state index contributed by atoms with van der Waals surface area (Å²) in [4.78, 5) is 10.9. The summed E-state index contributed by atoms with van der Waals surface area (Å²) in [5.41, 5.74) is 0.668. The smallest absolute Gasteiger partial charge is 0.357 e. The molecule has 2 nitrogen and oxygen atoms in total. The van der Waals surface area contributed by atoms with Crippen LogP contribution in [-0.2, 0) is 19.8 Å². The van der Waals surface area contributed by atoms with Crippen LogP contribution in [0.2, 0.25) is 0 Å². The number of carbonyl (C=O) groups is 1. The van der Waals surface area contributed by atoms with Gasteiger partial charge in [0.25, 0.3) is 0 Å². The van der Waals surface area contributed by atoms with Crippen molar-refractivity contribution >= 4 is 5.91 Å². The van der Waals surface area contributed by atoms with Gasteiger partial charge in [0.15, 0.2) is 0 Å². The van der Waals surface area contributed by atoms with Crippen molar-refractivity contribution in [2.45, 2.75) is 13.8 Å². The summed E-state index contributed by atoms with van der Waals surface area (Å²) >= 11 is 0. The normalized spacial score (nSPS) is 7.31. The van der Waals surface area contributed by atoms with Gasteiger partial charge in [-0.3, -0.25) is 4.79 Å². The Balaban J connectivity index is 0. The Morgan fingerprint density at radius 2 is 1.77 bits per heavy atom. The molecular formula is C10H14NOOs. The molecule has 1 radical (unpaired) electrons. The van der Waals surface area contributed by atoms with E-state index in [1.54, 1.807) is 31.3 Å². The predicted molar refractivity (Wildman–Crippen MR) is 50.0 cm³/mol. The zero-order valence-corrected chi connectivity index (χ0v) is 10.6. The van der Waals surface area contributed by atoms with Crippen LogP contribution in [-0.4, -0.2) is 13.0 Å². The van der Waals surface area contributed by atoms with Gasteiger partial charge < -0.3 is 5.32 Å². The van der Waals surface area contributed by atoms with Crippen LogP contribution in [0.25, 0.3) is 0 Å². The first kappa shape index (κ1) is 14.8. The third-order valence-corrected chi connectivity index (χ3v) is 1.21. The predicted octanol–water partition coefficient (Wildman–Crippen LogP) is 1.87. The fourth-order valence-electron chi connectivity index (χ4n) is 0.683. The molecule has 0 aliphatic heterocycles. The molecule has 0 aromatic heterocycles. The number of rotatable bonds is 1. The standard InChI is InChI=1S/C8H8NO.C2H6.Os/c1-9-8(10)7-5-3-2-4-6-7;1-2;/h3-6H,1H3,(H,9,10);1-2H3;/q-1;;+1. The molecule has 1 rings (SSSR count). The summed E-state index contributed by atoms with van der Waals surface area (Å²) in [6, 6.07) is 9.70. The fraction of sp³-hybridized carbons (Fsp3) is 0.300. The number of benzene rings is 1. The molecule has 0 atom stereocenters. The van der Waals surface area contributed by atoms with E-state index in [4.69, 9.17) is 0 Å². The molecule has 1 aromatic carbocycles. The Kier molecular flexibility index (Phi) is 10.7. The molecule has 13 heavy (non-hydrogen) atoms. The molecule has 1 aromatic rings. The summed E-state index contributed by atoms with van der Waals surface area (Å²) in [5, 5.41) is 2.53. The molecule has 3 heteroatoms. The topological polar surface area (TPSA) is 29.1 Å². The van der Waals surface area contributed by atoms with Crippen LogP contribution >= 0.6 is 0 Å². The largest absolute Gasteiger partial charge is 1.00 e. The molecule has 0 heterocycles. The van der Waals surface area contributed by atoms with E-state index in [1.807, 2.05) is 13.8 Å². The SMILES string of the molecule is CC.CNC(=O)c1cc[c-]cc1.[Os+]. The minimum Gasteiger partial charge on any atom is -0.357 e. The Bertz CT molecular complexity index is 224. The van der Waals surface area contributed by atoms with E-state index < -0.39 is 0 Å². The van der Waals surface area contributed by atoms with Gasteiger partial charge in [-0.25, -0.2) is 0 Å². The Labute approximate surface area is 92.8 Å². The monoisotopic (exact) mass is 356 g/mol. The maximum absolute atomic E-state index is 10.9. The summed E-state index contributed by atoms with van der Waals surface area (Å²) in [5.74, 6) is -0.0611. The summed E-state index contributed by atoms with van der Waals surface area (Å²) in [6.45, 7) is 4.00. The van der Waals surface area contributed by atoms with E-state index in [9.17, 15) is 4.79 Å². The van der Waals surface area contributed by atoms with Gasteiger partial charge in [-0.05, 0) is 0 Å². The molecule has 0 unspecified atom stereocenters. The molecule has 0 spiro atoms. The minimum atomic E-state index is -0.0611. The van der Waals surface area contributed by atoms with Crippen LogP contribution in [0.5, 0.6) is 0 Å². The fourth-order valence-corrected chi connectivity index (χ4v) is 0.683. The maximum Gasteiger partial charge on any atom is 1.00 e. The van der Waals surface area contributed by atoms with Gasteiger partial charge in [0.1, 0.15) is 0 Å². The summed E-state index contributed by atoms with van der Waals surface area (Å²) < 4.78 is 0. The van der Waals surface area contributed by atoms with Crippen molar-refractivity contribution in [1.82, 2.24) is 5.32 Å². The molecule has 0 aliphatic rings. The van der Waals surface area contributed by atoms with Gasteiger partial charge in [-0.2, -0.15) is 30.3 Å². The average Bonchev–Trinajstić information content (AvgIpc) is 2.21. The molecule has 0 aliphatic carbocycles. The van der Waals surface area contributed by atoms with Crippen molar-refractivity contribution in [1.29, 1.82) is 0 Å². The molecule has 1 N–H and O–H groups in total. The van der Waals surface area contributed by atoms with Crippen molar-refractivity contribution in [3.63, 3.8) is 0 Å². The van der Waals surface area contributed by atoms with Crippen molar-refractivity contribution < 1.29 is 24.6 Å². The van der Waals surface area contributed by atoms with E-state index >= 15 is 0 Å². The number of carbonyl (C=O) groups excluding carboxylic acids is 1. The summed E-state index contributed by atoms with van der Waals surface area (Å²) in [6.07, 6.45) is 0.